The van der Waals surface area contributed by atoms with E-state index in [0.29, 0.717) is 24.1 Å². The highest BCUT2D eigenvalue weighted by molar-refractivity contribution is 5.96. The summed E-state index contributed by atoms with van der Waals surface area (Å²) in [4.78, 5) is 9.26. The van der Waals surface area contributed by atoms with Crippen LogP contribution < -0.4 is 0 Å². The Labute approximate surface area is 103 Å². The summed E-state index contributed by atoms with van der Waals surface area (Å²) in [5.74, 6) is 1.65. The zero-order chi connectivity index (χ0) is 13.1. The molecule has 0 saturated carbocycles. The second kappa shape index (κ2) is 5.34. The van der Waals surface area contributed by atoms with Gasteiger partial charge in [-0.25, -0.2) is 9.98 Å². The third-order valence-electron chi connectivity index (χ3n) is 2.90. The van der Waals surface area contributed by atoms with Crippen molar-refractivity contribution in [1.82, 2.24) is 0 Å². The standard InChI is InChI=1S/C13H22N2O2/c1-7-8-13(4)12(17-6)14-10(9(2)3)11(15-13)16-5/h7,9-10H,1,8H2,2-6H3/t10-,13+/m0/s1. The first kappa shape index (κ1) is 13.7. The van der Waals surface area contributed by atoms with Crippen LogP contribution in [0.3, 0.4) is 0 Å². The minimum atomic E-state index is -0.493. The Kier molecular flexibility index (Phi) is 4.32. The van der Waals surface area contributed by atoms with E-state index in [-0.39, 0.29) is 6.04 Å². The van der Waals surface area contributed by atoms with Gasteiger partial charge in [0, 0.05) is 0 Å². The number of hydrogen-bond donors (Lipinski definition) is 0. The quantitative estimate of drug-likeness (QED) is 0.709. The Morgan fingerprint density at radius 3 is 2.47 bits per heavy atom. The van der Waals surface area contributed by atoms with Crippen molar-refractivity contribution in [3.05, 3.63) is 12.7 Å². The first-order valence-electron chi connectivity index (χ1n) is 5.85. The molecule has 0 saturated heterocycles. The smallest absolute Gasteiger partial charge is 0.212 e. The van der Waals surface area contributed by atoms with Crippen LogP contribution in [0, 0.1) is 5.92 Å². The van der Waals surface area contributed by atoms with Crippen LogP contribution in [-0.2, 0) is 9.47 Å². The molecule has 1 aliphatic rings. The fourth-order valence-electron chi connectivity index (χ4n) is 1.96. The number of hydrogen-bond acceptors (Lipinski definition) is 4. The molecule has 0 aliphatic carbocycles. The summed E-state index contributed by atoms with van der Waals surface area (Å²) in [6.07, 6.45) is 2.50. The molecule has 1 aliphatic heterocycles. The maximum Gasteiger partial charge on any atom is 0.212 e. The van der Waals surface area contributed by atoms with E-state index in [9.17, 15) is 0 Å². The molecule has 0 fully saturated rings. The second-order valence-corrected chi connectivity index (χ2v) is 4.75. The Hall–Kier alpha value is -1.32. The minimum Gasteiger partial charge on any atom is -0.483 e. The average Bonchev–Trinajstić information content (AvgIpc) is 2.28. The highest BCUT2D eigenvalue weighted by Crippen LogP contribution is 2.27. The van der Waals surface area contributed by atoms with Gasteiger partial charge in [-0.2, -0.15) is 0 Å². The molecule has 0 bridgehead atoms. The summed E-state index contributed by atoms with van der Waals surface area (Å²) in [5.41, 5.74) is -0.493. The van der Waals surface area contributed by atoms with E-state index in [1.807, 2.05) is 13.0 Å². The molecule has 0 N–H and O–H groups in total. The first-order valence-corrected chi connectivity index (χ1v) is 5.85. The Morgan fingerprint density at radius 2 is 2.06 bits per heavy atom. The summed E-state index contributed by atoms with van der Waals surface area (Å²) in [6.45, 7) is 9.91. The fourth-order valence-corrected chi connectivity index (χ4v) is 1.96. The lowest BCUT2D eigenvalue weighted by molar-refractivity contribution is 0.311. The first-order chi connectivity index (χ1) is 7.98. The molecule has 0 aromatic rings. The van der Waals surface area contributed by atoms with Gasteiger partial charge < -0.3 is 9.47 Å². The molecule has 0 amide bonds. The van der Waals surface area contributed by atoms with Crippen LogP contribution in [0.1, 0.15) is 27.2 Å². The Balaban J connectivity index is 3.14. The second-order valence-electron chi connectivity index (χ2n) is 4.75. The van der Waals surface area contributed by atoms with Crippen molar-refractivity contribution in [2.24, 2.45) is 15.9 Å². The van der Waals surface area contributed by atoms with Gasteiger partial charge in [0.1, 0.15) is 11.6 Å². The largest absolute Gasteiger partial charge is 0.483 e. The van der Waals surface area contributed by atoms with Gasteiger partial charge in [-0.05, 0) is 19.3 Å². The molecule has 1 rings (SSSR count). The van der Waals surface area contributed by atoms with Gasteiger partial charge in [-0.1, -0.05) is 19.9 Å². The van der Waals surface area contributed by atoms with Crippen LogP contribution in [0.15, 0.2) is 22.6 Å². The number of methoxy groups -OCH3 is 2. The molecular formula is C13H22N2O2. The van der Waals surface area contributed by atoms with Crippen LogP contribution in [0.2, 0.25) is 0 Å². The highest BCUT2D eigenvalue weighted by Gasteiger charge is 2.38. The van der Waals surface area contributed by atoms with E-state index in [4.69, 9.17) is 9.47 Å². The van der Waals surface area contributed by atoms with Crippen LogP contribution >= 0.6 is 0 Å². The lowest BCUT2D eigenvalue weighted by Crippen LogP contribution is -2.44. The SMILES string of the molecule is C=CC[C@@]1(C)N=C(OC)[C@H](C(C)C)N=C1OC. The zero-order valence-electron chi connectivity index (χ0n) is 11.4. The summed E-state index contributed by atoms with van der Waals surface area (Å²) in [7, 11) is 3.26. The molecule has 0 aromatic heterocycles. The van der Waals surface area contributed by atoms with Crippen molar-refractivity contribution in [3.8, 4) is 0 Å². The van der Waals surface area contributed by atoms with E-state index < -0.39 is 5.54 Å². The number of aliphatic imine (C=N–C) groups is 2. The van der Waals surface area contributed by atoms with Gasteiger partial charge >= 0.3 is 0 Å². The fraction of sp³-hybridized carbons (Fsp3) is 0.692. The summed E-state index contributed by atoms with van der Waals surface area (Å²) in [6, 6.07) is -0.0622. The van der Waals surface area contributed by atoms with Crippen LogP contribution in [0.4, 0.5) is 0 Å². The Bertz CT molecular complexity index is 347. The van der Waals surface area contributed by atoms with Gasteiger partial charge in [0.15, 0.2) is 0 Å². The molecule has 2 atom stereocenters. The van der Waals surface area contributed by atoms with Crippen molar-refractivity contribution in [3.63, 3.8) is 0 Å². The predicted octanol–water partition coefficient (Wildman–Crippen LogP) is 2.45. The monoisotopic (exact) mass is 238 g/mol. The van der Waals surface area contributed by atoms with Gasteiger partial charge in [0.25, 0.3) is 0 Å². The number of nitrogens with zero attached hydrogens (tertiary/aromatic N) is 2. The Morgan fingerprint density at radius 1 is 1.41 bits per heavy atom. The molecule has 4 nitrogen and oxygen atoms in total. The normalized spacial score (nSPS) is 28.5. The molecule has 0 spiro atoms. The van der Waals surface area contributed by atoms with E-state index in [2.05, 4.69) is 30.4 Å². The van der Waals surface area contributed by atoms with Crippen LogP contribution in [0.5, 0.6) is 0 Å². The molecular weight excluding hydrogens is 216 g/mol. The van der Waals surface area contributed by atoms with E-state index >= 15 is 0 Å². The third kappa shape index (κ3) is 2.68. The molecule has 96 valence electrons. The lowest BCUT2D eigenvalue weighted by Gasteiger charge is -2.33. The number of rotatable bonds is 3. The molecule has 0 radical (unpaired) electrons. The summed E-state index contributed by atoms with van der Waals surface area (Å²) < 4.78 is 10.7. The highest BCUT2D eigenvalue weighted by atomic mass is 16.5. The van der Waals surface area contributed by atoms with Crippen molar-refractivity contribution < 1.29 is 9.47 Å². The van der Waals surface area contributed by atoms with Crippen LogP contribution in [0.25, 0.3) is 0 Å². The molecule has 1 heterocycles. The van der Waals surface area contributed by atoms with Crippen molar-refractivity contribution in [2.75, 3.05) is 14.2 Å². The molecule has 4 heteroatoms. The lowest BCUT2D eigenvalue weighted by atomic mass is 9.94. The van der Waals surface area contributed by atoms with Gasteiger partial charge in [0.05, 0.1) is 14.2 Å². The predicted molar refractivity (Wildman–Crippen MR) is 70.7 cm³/mol. The van der Waals surface area contributed by atoms with Crippen molar-refractivity contribution in [2.45, 2.75) is 38.8 Å². The maximum atomic E-state index is 5.37. The topological polar surface area (TPSA) is 43.2 Å². The molecule has 0 unspecified atom stereocenters. The third-order valence-corrected chi connectivity index (χ3v) is 2.90. The van der Waals surface area contributed by atoms with Gasteiger partial charge in [-0.3, -0.25) is 0 Å². The maximum absolute atomic E-state index is 5.37. The summed E-state index contributed by atoms with van der Waals surface area (Å²) in [5, 5.41) is 0. The van der Waals surface area contributed by atoms with Crippen molar-refractivity contribution in [1.29, 1.82) is 0 Å². The van der Waals surface area contributed by atoms with E-state index in [0.717, 1.165) is 0 Å². The zero-order valence-corrected chi connectivity index (χ0v) is 11.4. The average molecular weight is 238 g/mol. The molecule has 0 aromatic carbocycles. The number of ether oxygens (including phenoxy) is 2. The van der Waals surface area contributed by atoms with Crippen LogP contribution in [-0.4, -0.2) is 37.6 Å². The van der Waals surface area contributed by atoms with Gasteiger partial charge in [-0.15, -0.1) is 6.58 Å². The minimum absolute atomic E-state index is 0.0622. The van der Waals surface area contributed by atoms with Gasteiger partial charge in [0.2, 0.25) is 11.8 Å². The van der Waals surface area contributed by atoms with E-state index in [1.54, 1.807) is 14.2 Å². The van der Waals surface area contributed by atoms with E-state index in [1.165, 1.54) is 0 Å². The summed E-state index contributed by atoms with van der Waals surface area (Å²) >= 11 is 0. The van der Waals surface area contributed by atoms with Crippen molar-refractivity contribution >= 4 is 11.8 Å². The molecule has 17 heavy (non-hydrogen) atoms.